The topological polar surface area (TPSA) is 64.9 Å². The van der Waals surface area contributed by atoms with Gasteiger partial charge in [-0.05, 0) is 18.9 Å². The van der Waals surface area contributed by atoms with Crippen molar-refractivity contribution in [3.63, 3.8) is 0 Å². The molecule has 1 fully saturated rings. The van der Waals surface area contributed by atoms with Crippen molar-refractivity contribution >= 4 is 23.5 Å². The largest absolute Gasteiger partial charge is 0.339 e. The summed E-state index contributed by atoms with van der Waals surface area (Å²) in [6, 6.07) is 0. The van der Waals surface area contributed by atoms with E-state index in [4.69, 9.17) is 10.3 Å². The molecule has 4 nitrogen and oxygen atoms in total. The molecule has 2 heterocycles. The SMILES string of the molecule is CC(CN)CCc1nc(C2SCCSC2C)no1. The Labute approximate surface area is 117 Å². The molecule has 1 aliphatic heterocycles. The summed E-state index contributed by atoms with van der Waals surface area (Å²) in [4.78, 5) is 4.54. The van der Waals surface area contributed by atoms with E-state index in [1.807, 2.05) is 23.5 Å². The van der Waals surface area contributed by atoms with Gasteiger partial charge in [-0.25, -0.2) is 0 Å². The van der Waals surface area contributed by atoms with Crippen LogP contribution in [-0.2, 0) is 6.42 Å². The number of nitrogens with zero attached hydrogens (tertiary/aromatic N) is 2. The minimum Gasteiger partial charge on any atom is -0.339 e. The second-order valence-electron chi connectivity index (χ2n) is 4.79. The molecule has 0 amide bonds. The molecule has 0 bridgehead atoms. The van der Waals surface area contributed by atoms with Crippen molar-refractivity contribution in [2.45, 2.75) is 37.2 Å². The molecular weight excluding hydrogens is 266 g/mol. The van der Waals surface area contributed by atoms with E-state index in [0.29, 0.717) is 23.0 Å². The molecule has 0 spiro atoms. The number of rotatable bonds is 5. The first-order valence-electron chi connectivity index (χ1n) is 6.46. The highest BCUT2D eigenvalue weighted by molar-refractivity contribution is 8.06. The normalized spacial score (nSPS) is 26.2. The predicted molar refractivity (Wildman–Crippen MR) is 78.0 cm³/mol. The van der Waals surface area contributed by atoms with Crippen molar-refractivity contribution in [2.75, 3.05) is 18.1 Å². The molecule has 2 N–H and O–H groups in total. The summed E-state index contributed by atoms with van der Waals surface area (Å²) in [5, 5.41) is 5.09. The van der Waals surface area contributed by atoms with Gasteiger partial charge in [0.2, 0.25) is 5.89 Å². The molecule has 0 aromatic carbocycles. The lowest BCUT2D eigenvalue weighted by Gasteiger charge is -2.24. The van der Waals surface area contributed by atoms with Crippen LogP contribution in [0, 0.1) is 5.92 Å². The van der Waals surface area contributed by atoms with E-state index in [2.05, 4.69) is 24.0 Å². The summed E-state index contributed by atoms with van der Waals surface area (Å²) in [6.45, 7) is 5.11. The van der Waals surface area contributed by atoms with Crippen molar-refractivity contribution in [2.24, 2.45) is 11.7 Å². The van der Waals surface area contributed by atoms with Gasteiger partial charge in [0.05, 0.1) is 5.25 Å². The number of thioether (sulfide) groups is 2. The van der Waals surface area contributed by atoms with Gasteiger partial charge in [0, 0.05) is 23.2 Å². The van der Waals surface area contributed by atoms with Crippen LogP contribution in [0.2, 0.25) is 0 Å². The quantitative estimate of drug-likeness (QED) is 0.897. The molecule has 6 heteroatoms. The van der Waals surface area contributed by atoms with Crippen molar-refractivity contribution in [1.29, 1.82) is 0 Å². The van der Waals surface area contributed by atoms with E-state index < -0.39 is 0 Å². The molecule has 0 aliphatic carbocycles. The molecule has 1 saturated heterocycles. The first-order valence-corrected chi connectivity index (χ1v) is 8.56. The predicted octanol–water partition coefficient (Wildman–Crippen LogP) is 2.51. The van der Waals surface area contributed by atoms with E-state index in [-0.39, 0.29) is 0 Å². The third kappa shape index (κ3) is 3.65. The Morgan fingerprint density at radius 2 is 2.22 bits per heavy atom. The zero-order valence-electron chi connectivity index (χ0n) is 11.0. The zero-order chi connectivity index (χ0) is 13.0. The van der Waals surface area contributed by atoms with Gasteiger partial charge < -0.3 is 10.3 Å². The minimum atomic E-state index is 0.383. The fourth-order valence-corrected chi connectivity index (χ4v) is 4.57. The van der Waals surface area contributed by atoms with Gasteiger partial charge in [0.15, 0.2) is 5.82 Å². The fourth-order valence-electron chi connectivity index (χ4n) is 1.89. The first kappa shape index (κ1) is 14.2. The van der Waals surface area contributed by atoms with E-state index >= 15 is 0 Å². The van der Waals surface area contributed by atoms with Gasteiger partial charge in [-0.2, -0.15) is 16.7 Å². The summed E-state index contributed by atoms with van der Waals surface area (Å²) < 4.78 is 5.34. The van der Waals surface area contributed by atoms with Crippen LogP contribution in [0.5, 0.6) is 0 Å². The van der Waals surface area contributed by atoms with Crippen molar-refractivity contribution in [3.05, 3.63) is 11.7 Å². The summed E-state index contributed by atoms with van der Waals surface area (Å²) in [5.41, 5.74) is 5.60. The minimum absolute atomic E-state index is 0.383. The third-order valence-electron chi connectivity index (χ3n) is 3.18. The lowest BCUT2D eigenvalue weighted by atomic mass is 10.1. The number of aromatic nitrogens is 2. The average molecular weight is 287 g/mol. The number of hydrogen-bond donors (Lipinski definition) is 1. The van der Waals surface area contributed by atoms with E-state index in [1.54, 1.807) is 0 Å². The lowest BCUT2D eigenvalue weighted by Crippen LogP contribution is -2.17. The maximum absolute atomic E-state index is 5.60. The van der Waals surface area contributed by atoms with Crippen LogP contribution in [0.4, 0.5) is 0 Å². The van der Waals surface area contributed by atoms with Gasteiger partial charge in [-0.3, -0.25) is 0 Å². The summed E-state index contributed by atoms with van der Waals surface area (Å²) >= 11 is 3.93. The monoisotopic (exact) mass is 287 g/mol. The van der Waals surface area contributed by atoms with Crippen LogP contribution in [-0.4, -0.2) is 33.4 Å². The van der Waals surface area contributed by atoms with Gasteiger partial charge in [0.1, 0.15) is 0 Å². The Bertz CT molecular complexity index is 372. The molecule has 0 saturated carbocycles. The van der Waals surface area contributed by atoms with Crippen LogP contribution >= 0.6 is 23.5 Å². The Morgan fingerprint density at radius 3 is 2.94 bits per heavy atom. The molecule has 3 atom stereocenters. The third-order valence-corrected chi connectivity index (χ3v) is 6.27. The maximum Gasteiger partial charge on any atom is 0.226 e. The molecule has 2 rings (SSSR count). The smallest absolute Gasteiger partial charge is 0.226 e. The van der Waals surface area contributed by atoms with Crippen LogP contribution < -0.4 is 5.73 Å². The summed E-state index contributed by atoms with van der Waals surface area (Å²) in [6.07, 6.45) is 1.85. The molecule has 3 unspecified atom stereocenters. The molecule has 18 heavy (non-hydrogen) atoms. The second-order valence-corrected chi connectivity index (χ2v) is 7.53. The molecule has 0 radical (unpaired) electrons. The van der Waals surface area contributed by atoms with Crippen molar-refractivity contribution in [1.82, 2.24) is 10.1 Å². The number of nitrogens with two attached hydrogens (primary N) is 1. The van der Waals surface area contributed by atoms with E-state index in [0.717, 1.165) is 24.6 Å². The number of aryl methyl sites for hydroxylation is 1. The van der Waals surface area contributed by atoms with Crippen molar-refractivity contribution < 1.29 is 4.52 Å². The molecule has 1 aromatic heterocycles. The van der Waals surface area contributed by atoms with Crippen LogP contribution in [0.15, 0.2) is 4.52 Å². The standard InChI is InChI=1S/C12H21N3OS2/c1-8(7-13)3-4-10-14-12(15-16-10)11-9(2)17-5-6-18-11/h8-9,11H,3-7,13H2,1-2H3. The Hall–Kier alpha value is -0.200. The van der Waals surface area contributed by atoms with Gasteiger partial charge >= 0.3 is 0 Å². The zero-order valence-corrected chi connectivity index (χ0v) is 12.6. The molecule has 1 aliphatic rings. The lowest BCUT2D eigenvalue weighted by molar-refractivity contribution is 0.361. The van der Waals surface area contributed by atoms with Gasteiger partial charge in [-0.1, -0.05) is 19.0 Å². The molecule has 1 aromatic rings. The molecule has 102 valence electrons. The first-order chi connectivity index (χ1) is 8.70. The molecular formula is C12H21N3OS2. The fraction of sp³-hybridized carbons (Fsp3) is 0.833. The summed E-state index contributed by atoms with van der Waals surface area (Å²) in [7, 11) is 0. The van der Waals surface area contributed by atoms with Gasteiger partial charge in [-0.15, -0.1) is 11.8 Å². The van der Waals surface area contributed by atoms with Crippen LogP contribution in [0.25, 0.3) is 0 Å². The Morgan fingerprint density at radius 1 is 1.44 bits per heavy atom. The Kier molecular flexibility index (Phi) is 5.38. The van der Waals surface area contributed by atoms with E-state index in [9.17, 15) is 0 Å². The van der Waals surface area contributed by atoms with Crippen LogP contribution in [0.1, 0.15) is 37.2 Å². The highest BCUT2D eigenvalue weighted by Gasteiger charge is 2.28. The van der Waals surface area contributed by atoms with Gasteiger partial charge in [0.25, 0.3) is 0 Å². The summed E-state index contributed by atoms with van der Waals surface area (Å²) in [5.74, 6) is 4.54. The second kappa shape index (κ2) is 6.82. The van der Waals surface area contributed by atoms with Crippen LogP contribution in [0.3, 0.4) is 0 Å². The highest BCUT2D eigenvalue weighted by Crippen LogP contribution is 2.41. The van der Waals surface area contributed by atoms with E-state index in [1.165, 1.54) is 11.5 Å². The average Bonchev–Trinajstić information content (AvgIpc) is 2.85. The highest BCUT2D eigenvalue weighted by atomic mass is 32.2. The number of hydrogen-bond acceptors (Lipinski definition) is 6. The Balaban J connectivity index is 1.92. The van der Waals surface area contributed by atoms with Crippen molar-refractivity contribution in [3.8, 4) is 0 Å². The maximum atomic E-state index is 5.60.